The van der Waals surface area contributed by atoms with E-state index in [1.165, 1.54) is 0 Å². The van der Waals surface area contributed by atoms with E-state index in [0.717, 1.165) is 24.0 Å². The van der Waals surface area contributed by atoms with Gasteiger partial charge in [-0.1, -0.05) is 55.8 Å². The van der Waals surface area contributed by atoms with Crippen LogP contribution in [0.5, 0.6) is 6.01 Å². The van der Waals surface area contributed by atoms with Gasteiger partial charge in [-0.15, -0.1) is 0 Å². The minimum Gasteiger partial charge on any atom is -0.480 e. The molecule has 144 valence electrons. The average molecular weight is 378 g/mol. The highest BCUT2D eigenvalue weighted by Gasteiger charge is 2.13. The smallest absolute Gasteiger partial charge is 0.336 e. The minimum atomic E-state index is -0.970. The van der Waals surface area contributed by atoms with Crippen LogP contribution in [0.3, 0.4) is 0 Å². The number of carboxylic acid groups (broad SMARTS) is 1. The predicted octanol–water partition coefficient (Wildman–Crippen LogP) is 3.77. The summed E-state index contributed by atoms with van der Waals surface area (Å²) in [5.41, 5.74) is 3.43. The first-order chi connectivity index (χ1) is 13.5. The van der Waals surface area contributed by atoms with Crippen LogP contribution in [-0.4, -0.2) is 26.2 Å². The number of hydrogen-bond donors (Lipinski definition) is 3. The van der Waals surface area contributed by atoms with Crippen molar-refractivity contribution in [2.45, 2.75) is 32.6 Å². The van der Waals surface area contributed by atoms with Crippen molar-refractivity contribution in [2.75, 3.05) is 0 Å². The van der Waals surface area contributed by atoms with Crippen LogP contribution in [-0.2, 0) is 12.8 Å². The summed E-state index contributed by atoms with van der Waals surface area (Å²) in [6.45, 7) is 2.06. The fourth-order valence-electron chi connectivity index (χ4n) is 3.19. The quantitative estimate of drug-likeness (QED) is 0.581. The number of aryl methyl sites for hydroxylation is 1. The molecule has 2 aromatic carbocycles. The molecule has 0 amide bonds. The first-order valence-electron chi connectivity index (χ1n) is 9.22. The van der Waals surface area contributed by atoms with Gasteiger partial charge in [-0.25, -0.2) is 9.78 Å². The van der Waals surface area contributed by atoms with Gasteiger partial charge in [0.15, 0.2) is 0 Å². The number of aromatic carboxylic acids is 1. The maximum atomic E-state index is 12.3. The molecule has 6 nitrogen and oxygen atoms in total. The summed E-state index contributed by atoms with van der Waals surface area (Å²) in [4.78, 5) is 30.2. The van der Waals surface area contributed by atoms with Gasteiger partial charge in [0.1, 0.15) is 0 Å². The lowest BCUT2D eigenvalue weighted by Crippen LogP contribution is -2.18. The Labute approximate surface area is 162 Å². The van der Waals surface area contributed by atoms with Crippen molar-refractivity contribution in [3.05, 3.63) is 81.3 Å². The van der Waals surface area contributed by atoms with Gasteiger partial charge in [0, 0.05) is 12.0 Å². The topological polar surface area (TPSA) is 103 Å². The molecule has 3 N–H and O–H groups in total. The molecule has 0 saturated heterocycles. The molecule has 0 radical (unpaired) electrons. The van der Waals surface area contributed by atoms with Crippen LogP contribution >= 0.6 is 0 Å². The molecule has 0 aliphatic rings. The molecule has 0 aliphatic carbocycles. The van der Waals surface area contributed by atoms with E-state index in [1.807, 2.05) is 24.3 Å². The molecule has 6 heteroatoms. The van der Waals surface area contributed by atoms with Gasteiger partial charge in [-0.3, -0.25) is 9.78 Å². The molecule has 0 unspecified atom stereocenters. The maximum absolute atomic E-state index is 12.3. The molecule has 0 saturated carbocycles. The summed E-state index contributed by atoms with van der Waals surface area (Å²) in [7, 11) is 0. The van der Waals surface area contributed by atoms with E-state index >= 15 is 0 Å². The summed E-state index contributed by atoms with van der Waals surface area (Å²) in [6, 6.07) is 14.0. The number of nitrogens with zero attached hydrogens (tertiary/aromatic N) is 1. The van der Waals surface area contributed by atoms with Crippen LogP contribution in [0.4, 0.5) is 0 Å². The Hall–Kier alpha value is -3.41. The first kappa shape index (κ1) is 19.4. The van der Waals surface area contributed by atoms with Crippen molar-refractivity contribution in [2.24, 2.45) is 0 Å². The summed E-state index contributed by atoms with van der Waals surface area (Å²) in [5.74, 6) is -0.970. The minimum absolute atomic E-state index is 0.247. The summed E-state index contributed by atoms with van der Waals surface area (Å²) in [5, 5.41) is 19.0. The molecule has 0 aliphatic heterocycles. The molecule has 3 rings (SSSR count). The number of rotatable bonds is 7. The van der Waals surface area contributed by atoms with E-state index in [-0.39, 0.29) is 17.1 Å². The lowest BCUT2D eigenvalue weighted by Gasteiger charge is -2.10. The van der Waals surface area contributed by atoms with Crippen LogP contribution < -0.4 is 5.56 Å². The normalized spacial score (nSPS) is 10.8. The van der Waals surface area contributed by atoms with Crippen molar-refractivity contribution in [3.63, 3.8) is 0 Å². The highest BCUT2D eigenvalue weighted by molar-refractivity contribution is 5.95. The molecule has 0 spiro atoms. The molecule has 28 heavy (non-hydrogen) atoms. The second-order valence-corrected chi connectivity index (χ2v) is 6.64. The molecular weight excluding hydrogens is 356 g/mol. The Morgan fingerprint density at radius 1 is 1.11 bits per heavy atom. The second-order valence-electron chi connectivity index (χ2n) is 6.64. The summed E-state index contributed by atoms with van der Waals surface area (Å²) in [6.07, 6.45) is 2.87. The zero-order valence-corrected chi connectivity index (χ0v) is 15.6. The van der Waals surface area contributed by atoms with E-state index in [0.29, 0.717) is 29.7 Å². The fraction of sp³-hybridized carbons (Fsp3) is 0.227. The second kappa shape index (κ2) is 8.52. The van der Waals surface area contributed by atoms with E-state index in [1.54, 1.807) is 24.3 Å². The van der Waals surface area contributed by atoms with Gasteiger partial charge in [0.25, 0.3) is 11.6 Å². The number of nitrogens with one attached hydrogen (secondary N) is 1. The van der Waals surface area contributed by atoms with Gasteiger partial charge < -0.3 is 10.2 Å². The maximum Gasteiger partial charge on any atom is 0.336 e. The van der Waals surface area contributed by atoms with Gasteiger partial charge in [0.2, 0.25) is 0 Å². The average Bonchev–Trinajstić information content (AvgIpc) is 2.69. The highest BCUT2D eigenvalue weighted by atomic mass is 16.4. The Balaban J connectivity index is 1.90. The molecule has 1 aromatic heterocycles. The first-order valence-corrected chi connectivity index (χ1v) is 9.22. The van der Waals surface area contributed by atoms with Crippen LogP contribution in [0.1, 0.15) is 46.9 Å². The van der Waals surface area contributed by atoms with Crippen LogP contribution in [0.2, 0.25) is 0 Å². The third-order valence-corrected chi connectivity index (χ3v) is 4.66. The van der Waals surface area contributed by atoms with Crippen molar-refractivity contribution in [1.29, 1.82) is 0 Å². The lowest BCUT2D eigenvalue weighted by molar-refractivity contribution is 0.0697. The van der Waals surface area contributed by atoms with Gasteiger partial charge in [-0.05, 0) is 35.6 Å². The third kappa shape index (κ3) is 4.28. The Morgan fingerprint density at radius 3 is 2.50 bits per heavy atom. The Bertz CT molecular complexity index is 1040. The number of aromatic amines is 1. The molecule has 0 bridgehead atoms. The SMILES string of the molecule is CCCCc1nc(O)[nH]c(=O)c1Cc1ccc(-c2ccccc2C(=O)O)cc1. The van der Waals surface area contributed by atoms with Crippen LogP contribution in [0.15, 0.2) is 53.3 Å². The number of aromatic nitrogens is 2. The van der Waals surface area contributed by atoms with Crippen LogP contribution in [0, 0.1) is 0 Å². The Morgan fingerprint density at radius 2 is 1.82 bits per heavy atom. The summed E-state index contributed by atoms with van der Waals surface area (Å²) >= 11 is 0. The van der Waals surface area contributed by atoms with Crippen molar-refractivity contribution < 1.29 is 15.0 Å². The number of hydrogen-bond acceptors (Lipinski definition) is 4. The molecule has 0 atom stereocenters. The summed E-state index contributed by atoms with van der Waals surface area (Å²) < 4.78 is 0. The van der Waals surface area contributed by atoms with E-state index in [4.69, 9.17) is 0 Å². The monoisotopic (exact) mass is 378 g/mol. The van der Waals surface area contributed by atoms with E-state index in [2.05, 4.69) is 16.9 Å². The standard InChI is InChI=1S/C22H22N2O4/c1-2-3-8-19-18(20(25)24-22(28)23-19)13-14-9-11-15(12-10-14)16-6-4-5-7-17(16)21(26)27/h4-7,9-12H,2-3,8,13H2,1H3,(H,26,27)(H2,23,24,25,28). The number of carboxylic acids is 1. The molecule has 3 aromatic rings. The van der Waals surface area contributed by atoms with Crippen molar-refractivity contribution >= 4 is 5.97 Å². The van der Waals surface area contributed by atoms with Crippen molar-refractivity contribution in [3.8, 4) is 17.1 Å². The fourth-order valence-corrected chi connectivity index (χ4v) is 3.19. The zero-order chi connectivity index (χ0) is 20.1. The predicted molar refractivity (Wildman–Crippen MR) is 107 cm³/mol. The Kier molecular flexibility index (Phi) is 5.89. The largest absolute Gasteiger partial charge is 0.480 e. The third-order valence-electron chi connectivity index (χ3n) is 4.66. The lowest BCUT2D eigenvalue weighted by atomic mass is 9.96. The number of benzene rings is 2. The van der Waals surface area contributed by atoms with Crippen molar-refractivity contribution in [1.82, 2.24) is 9.97 Å². The zero-order valence-electron chi connectivity index (χ0n) is 15.6. The van der Waals surface area contributed by atoms with E-state index in [9.17, 15) is 19.8 Å². The highest BCUT2D eigenvalue weighted by Crippen LogP contribution is 2.25. The van der Waals surface area contributed by atoms with E-state index < -0.39 is 5.97 Å². The van der Waals surface area contributed by atoms with Gasteiger partial charge in [0.05, 0.1) is 11.3 Å². The molecule has 1 heterocycles. The number of unbranched alkanes of at least 4 members (excludes halogenated alkanes) is 1. The van der Waals surface area contributed by atoms with Gasteiger partial charge in [-0.2, -0.15) is 0 Å². The number of H-pyrrole nitrogens is 1. The van der Waals surface area contributed by atoms with Gasteiger partial charge >= 0.3 is 5.97 Å². The number of carbonyl (C=O) groups is 1. The molecule has 0 fully saturated rings. The number of aromatic hydroxyl groups is 1. The molecular formula is C22H22N2O4. The van der Waals surface area contributed by atoms with Crippen LogP contribution in [0.25, 0.3) is 11.1 Å².